The number of halogens is 2. The van der Waals surface area contributed by atoms with Crippen LogP contribution in [-0.2, 0) is 40.1 Å². The molecule has 0 unspecified atom stereocenters. The van der Waals surface area contributed by atoms with Crippen LogP contribution >= 0.6 is 31.9 Å². The first-order valence-electron chi connectivity index (χ1n) is 15.0. The van der Waals surface area contributed by atoms with Crippen molar-refractivity contribution < 1.29 is 47.7 Å². The van der Waals surface area contributed by atoms with Crippen molar-refractivity contribution in [1.82, 2.24) is 5.32 Å². The van der Waals surface area contributed by atoms with Gasteiger partial charge in [0.15, 0.2) is 19.0 Å². The van der Waals surface area contributed by atoms with Gasteiger partial charge in [-0.2, -0.15) is 0 Å². The standard InChI is InChI=1S/C35H38Br2N2O10/c1-20-24(14-11-15-25(20)39(7)26(42)16-38-21(2)40)29-32(46-18-27(43)45-17-23-12-9-8-10-13-23)30(36)34(48-22(3)41)31(37)33(29)47-19-28(44)49-35(4,5)6/h8-15H,16-19H2,1-7H3,(H,38,40). The average Bonchev–Trinajstić information content (AvgIpc) is 3.03. The number of nitrogens with zero attached hydrogens (tertiary/aromatic N) is 1. The van der Waals surface area contributed by atoms with E-state index in [1.165, 1.54) is 18.7 Å². The predicted molar refractivity (Wildman–Crippen MR) is 188 cm³/mol. The number of anilines is 1. The summed E-state index contributed by atoms with van der Waals surface area (Å²) in [4.78, 5) is 63.6. The van der Waals surface area contributed by atoms with Crippen LogP contribution in [0.1, 0.15) is 45.7 Å². The monoisotopic (exact) mass is 804 g/mol. The number of carbonyl (C=O) groups is 5. The molecule has 14 heteroatoms. The number of likely N-dealkylation sites (N-methyl/N-ethyl adjacent to an activating group) is 1. The zero-order valence-electron chi connectivity index (χ0n) is 28.2. The Hall–Kier alpha value is -4.43. The Bertz CT molecular complexity index is 1720. The fourth-order valence-electron chi connectivity index (χ4n) is 4.50. The van der Waals surface area contributed by atoms with E-state index in [1.54, 1.807) is 52.9 Å². The summed E-state index contributed by atoms with van der Waals surface area (Å²) in [6, 6.07) is 14.2. The van der Waals surface area contributed by atoms with Crippen molar-refractivity contribution in [2.45, 2.75) is 53.8 Å². The first-order valence-corrected chi connectivity index (χ1v) is 16.6. The molecule has 0 spiro atoms. The van der Waals surface area contributed by atoms with Gasteiger partial charge in [-0.1, -0.05) is 42.5 Å². The van der Waals surface area contributed by atoms with E-state index in [4.69, 9.17) is 23.7 Å². The molecule has 0 aromatic heterocycles. The molecule has 0 saturated heterocycles. The van der Waals surface area contributed by atoms with Gasteiger partial charge in [-0.3, -0.25) is 14.4 Å². The van der Waals surface area contributed by atoms with Crippen LogP contribution in [0.3, 0.4) is 0 Å². The second-order valence-corrected chi connectivity index (χ2v) is 13.3. The second kappa shape index (κ2) is 17.3. The van der Waals surface area contributed by atoms with Crippen LogP contribution in [0.2, 0.25) is 0 Å². The number of nitrogens with one attached hydrogen (secondary N) is 1. The van der Waals surface area contributed by atoms with Crippen molar-refractivity contribution in [1.29, 1.82) is 0 Å². The van der Waals surface area contributed by atoms with Gasteiger partial charge in [0.05, 0.1) is 12.1 Å². The first-order chi connectivity index (χ1) is 23.0. The summed E-state index contributed by atoms with van der Waals surface area (Å²) in [6.45, 7) is 8.10. The molecule has 0 aliphatic carbocycles. The van der Waals surface area contributed by atoms with Gasteiger partial charge in [0.25, 0.3) is 0 Å². The average molecular weight is 807 g/mol. The zero-order valence-corrected chi connectivity index (χ0v) is 31.4. The number of ether oxygens (including phenoxy) is 5. The lowest BCUT2D eigenvalue weighted by atomic mass is 9.96. The van der Waals surface area contributed by atoms with E-state index < -0.39 is 36.7 Å². The molecule has 2 amide bonds. The molecule has 1 N–H and O–H groups in total. The summed E-state index contributed by atoms with van der Waals surface area (Å²) >= 11 is 6.96. The fourth-order valence-corrected chi connectivity index (χ4v) is 5.95. The van der Waals surface area contributed by atoms with E-state index in [2.05, 4.69) is 37.2 Å². The molecule has 0 aliphatic heterocycles. The maximum Gasteiger partial charge on any atom is 0.344 e. The molecule has 0 radical (unpaired) electrons. The van der Waals surface area contributed by atoms with Gasteiger partial charge < -0.3 is 33.9 Å². The van der Waals surface area contributed by atoms with Crippen LogP contribution in [0.25, 0.3) is 11.1 Å². The SMILES string of the molecule is CC(=O)NCC(=O)N(C)c1cccc(-c2c(OCC(=O)OCc3ccccc3)c(Br)c(OC(C)=O)c(Br)c2OCC(=O)OC(C)(C)C)c1C. The summed E-state index contributed by atoms with van der Waals surface area (Å²) in [5.41, 5.74) is 1.75. The third-order valence-corrected chi connectivity index (χ3v) is 8.07. The number of amides is 2. The van der Waals surface area contributed by atoms with Crippen LogP contribution in [-0.4, -0.2) is 62.1 Å². The molecule has 3 rings (SSSR count). The Balaban J connectivity index is 2.18. The van der Waals surface area contributed by atoms with Crippen molar-refractivity contribution in [3.63, 3.8) is 0 Å². The van der Waals surface area contributed by atoms with Gasteiger partial charge >= 0.3 is 17.9 Å². The number of benzene rings is 3. The molecule has 3 aromatic rings. The molecule has 3 aromatic carbocycles. The summed E-state index contributed by atoms with van der Waals surface area (Å²) in [7, 11) is 1.56. The summed E-state index contributed by atoms with van der Waals surface area (Å²) < 4.78 is 28.8. The fraction of sp³-hybridized carbons (Fsp3) is 0.343. The third kappa shape index (κ3) is 11.0. The molecule has 0 heterocycles. The number of carbonyl (C=O) groups excluding carboxylic acids is 5. The van der Waals surface area contributed by atoms with Gasteiger partial charge in [-0.25, -0.2) is 9.59 Å². The maximum atomic E-state index is 13.0. The van der Waals surface area contributed by atoms with Crippen LogP contribution in [0.15, 0.2) is 57.5 Å². The largest absolute Gasteiger partial charge is 0.480 e. The van der Waals surface area contributed by atoms with E-state index in [9.17, 15) is 24.0 Å². The number of esters is 3. The van der Waals surface area contributed by atoms with Crippen molar-refractivity contribution in [3.8, 4) is 28.4 Å². The highest BCUT2D eigenvalue weighted by Crippen LogP contribution is 2.55. The van der Waals surface area contributed by atoms with Crippen LogP contribution < -0.4 is 24.4 Å². The Morgan fingerprint density at radius 1 is 0.816 bits per heavy atom. The van der Waals surface area contributed by atoms with Gasteiger partial charge in [-0.15, -0.1) is 0 Å². The quantitative estimate of drug-likeness (QED) is 0.160. The van der Waals surface area contributed by atoms with Crippen molar-refractivity contribution in [2.75, 3.05) is 31.7 Å². The van der Waals surface area contributed by atoms with Gasteiger partial charge in [0.1, 0.15) is 32.7 Å². The minimum atomic E-state index is -0.795. The normalized spacial score (nSPS) is 10.9. The zero-order chi connectivity index (χ0) is 36.5. The highest BCUT2D eigenvalue weighted by molar-refractivity contribution is 9.11. The molecular formula is C35H38Br2N2O10. The van der Waals surface area contributed by atoms with Crippen molar-refractivity contribution in [2.24, 2.45) is 0 Å². The molecule has 262 valence electrons. The van der Waals surface area contributed by atoms with E-state index >= 15 is 0 Å². The van der Waals surface area contributed by atoms with Crippen LogP contribution in [0.5, 0.6) is 17.2 Å². The van der Waals surface area contributed by atoms with E-state index in [0.717, 1.165) is 5.56 Å². The number of rotatable bonds is 13. The van der Waals surface area contributed by atoms with Gasteiger partial charge in [0.2, 0.25) is 11.8 Å². The minimum Gasteiger partial charge on any atom is -0.480 e. The topological polar surface area (TPSA) is 147 Å². The van der Waals surface area contributed by atoms with E-state index in [-0.39, 0.29) is 56.7 Å². The molecule has 49 heavy (non-hydrogen) atoms. The molecular weight excluding hydrogens is 768 g/mol. The highest BCUT2D eigenvalue weighted by atomic mass is 79.9. The second-order valence-electron chi connectivity index (χ2n) is 11.7. The highest BCUT2D eigenvalue weighted by Gasteiger charge is 2.30. The lowest BCUT2D eigenvalue weighted by Gasteiger charge is -2.25. The minimum absolute atomic E-state index is 0.0142. The molecule has 0 bridgehead atoms. The van der Waals surface area contributed by atoms with Crippen molar-refractivity contribution >= 4 is 67.3 Å². The lowest BCUT2D eigenvalue weighted by molar-refractivity contribution is -0.157. The first kappa shape index (κ1) is 39.0. The summed E-state index contributed by atoms with van der Waals surface area (Å²) in [6.07, 6.45) is 0. The van der Waals surface area contributed by atoms with Crippen LogP contribution in [0.4, 0.5) is 5.69 Å². The summed E-state index contributed by atoms with van der Waals surface area (Å²) in [5.74, 6) is -2.79. The molecule has 0 atom stereocenters. The summed E-state index contributed by atoms with van der Waals surface area (Å²) in [5, 5.41) is 2.50. The third-order valence-electron chi connectivity index (χ3n) is 6.63. The van der Waals surface area contributed by atoms with E-state index in [0.29, 0.717) is 16.8 Å². The van der Waals surface area contributed by atoms with Crippen molar-refractivity contribution in [3.05, 3.63) is 68.6 Å². The molecule has 0 saturated carbocycles. The molecule has 0 fully saturated rings. The Morgan fingerprint density at radius 2 is 1.41 bits per heavy atom. The van der Waals surface area contributed by atoms with Crippen LogP contribution in [0, 0.1) is 6.92 Å². The number of hydrogen-bond donors (Lipinski definition) is 1. The Labute approximate surface area is 301 Å². The Kier molecular flexibility index (Phi) is 13.8. The smallest absolute Gasteiger partial charge is 0.344 e. The number of hydrogen-bond acceptors (Lipinski definition) is 10. The predicted octanol–water partition coefficient (Wildman–Crippen LogP) is 6.05. The maximum absolute atomic E-state index is 13.0. The Morgan fingerprint density at radius 3 is 1.96 bits per heavy atom. The van der Waals surface area contributed by atoms with E-state index in [1.807, 2.05) is 30.3 Å². The lowest BCUT2D eigenvalue weighted by Crippen LogP contribution is -2.37. The van der Waals surface area contributed by atoms with Gasteiger partial charge in [-0.05, 0) is 82.3 Å². The molecule has 12 nitrogen and oxygen atoms in total. The van der Waals surface area contributed by atoms with Gasteiger partial charge in [0, 0.05) is 26.6 Å². The molecule has 0 aliphatic rings.